The van der Waals surface area contributed by atoms with E-state index in [9.17, 15) is 14.3 Å². The van der Waals surface area contributed by atoms with Crippen LogP contribution in [0.4, 0.5) is 10.2 Å². The summed E-state index contributed by atoms with van der Waals surface area (Å²) in [4.78, 5) is 21.8. The third kappa shape index (κ3) is 7.09. The molecule has 1 saturated heterocycles. The van der Waals surface area contributed by atoms with Crippen molar-refractivity contribution >= 4 is 11.8 Å². The summed E-state index contributed by atoms with van der Waals surface area (Å²) < 4.78 is 20.2. The zero-order valence-electron chi connectivity index (χ0n) is 24.0. The first kappa shape index (κ1) is 29.3. The molecule has 0 saturated carbocycles. The first-order valence-electron chi connectivity index (χ1n) is 14.6. The Morgan fingerprint density at radius 2 is 2.10 bits per heavy atom. The Morgan fingerprint density at radius 3 is 2.82 bits per heavy atom. The summed E-state index contributed by atoms with van der Waals surface area (Å²) in [6, 6.07) is 7.01. The van der Waals surface area contributed by atoms with Gasteiger partial charge in [-0.3, -0.25) is 14.6 Å². The minimum atomic E-state index is -0.969. The molecule has 1 fully saturated rings. The van der Waals surface area contributed by atoms with E-state index in [1.54, 1.807) is 0 Å². The number of pyridine rings is 1. The molecule has 8 heteroatoms. The van der Waals surface area contributed by atoms with E-state index in [1.807, 2.05) is 24.8 Å². The fourth-order valence-corrected chi connectivity index (χ4v) is 6.08. The van der Waals surface area contributed by atoms with Gasteiger partial charge in [0.05, 0.1) is 7.11 Å². The van der Waals surface area contributed by atoms with Crippen LogP contribution in [0.15, 0.2) is 24.3 Å². The summed E-state index contributed by atoms with van der Waals surface area (Å²) in [5, 5.41) is 13.6. The molecular formula is C31H45FN4O3. The van der Waals surface area contributed by atoms with Crippen LogP contribution in [-0.4, -0.2) is 71.7 Å². The lowest BCUT2D eigenvalue weighted by molar-refractivity contribution is -0.143. The number of methoxy groups -OCH3 is 1. The lowest BCUT2D eigenvalue weighted by Crippen LogP contribution is -2.40. The smallest absolute Gasteiger partial charge is 0.325 e. The zero-order valence-corrected chi connectivity index (χ0v) is 24.0. The van der Waals surface area contributed by atoms with Crippen LogP contribution in [0.2, 0.25) is 0 Å². The molecule has 4 rings (SSSR count). The van der Waals surface area contributed by atoms with Gasteiger partial charge in [-0.2, -0.15) is 0 Å². The molecule has 0 aliphatic carbocycles. The Balaban J connectivity index is 1.32. The molecule has 2 aliphatic rings. The molecule has 2 aromatic rings. The van der Waals surface area contributed by atoms with E-state index in [0.717, 1.165) is 75.2 Å². The number of nitrogens with one attached hydrogen (secondary N) is 1. The second-order valence-corrected chi connectivity index (χ2v) is 11.2. The molecule has 2 N–H and O–H groups in total. The number of unbranched alkanes of at least 4 members (excludes halogenated alkanes) is 2. The predicted octanol–water partition coefficient (Wildman–Crippen LogP) is 5.65. The third-order valence-corrected chi connectivity index (χ3v) is 8.31. The molecule has 3 heterocycles. The maximum Gasteiger partial charge on any atom is 0.325 e. The molecule has 1 aromatic heterocycles. The molecule has 39 heavy (non-hydrogen) atoms. The largest absolute Gasteiger partial charge is 0.493 e. The quantitative estimate of drug-likeness (QED) is 0.318. The van der Waals surface area contributed by atoms with Gasteiger partial charge in [-0.05, 0) is 86.9 Å². The number of hydrogen-bond donors (Lipinski definition) is 2. The monoisotopic (exact) mass is 540 g/mol. The number of likely N-dealkylation sites (tertiary alicyclic amines) is 1. The highest BCUT2D eigenvalue weighted by molar-refractivity contribution is 5.77. The Kier molecular flexibility index (Phi) is 10.2. The van der Waals surface area contributed by atoms with Gasteiger partial charge in [0.1, 0.15) is 11.9 Å². The van der Waals surface area contributed by atoms with E-state index in [-0.39, 0.29) is 17.7 Å². The number of carboxylic acids is 1. The molecule has 0 radical (unpaired) electrons. The normalized spacial score (nSPS) is 18.3. The maximum atomic E-state index is 14.9. The Labute approximate surface area is 232 Å². The molecule has 0 spiro atoms. The van der Waals surface area contributed by atoms with Gasteiger partial charge in [0.25, 0.3) is 0 Å². The number of likely N-dealkylation sites (N-methyl/N-ethyl adjacent to an activating group) is 1. The number of fused-ring (bicyclic) bond motifs is 1. The highest BCUT2D eigenvalue weighted by Gasteiger charge is 2.37. The molecular weight excluding hydrogens is 495 g/mol. The van der Waals surface area contributed by atoms with Crippen LogP contribution in [0.1, 0.15) is 87.2 Å². The van der Waals surface area contributed by atoms with Gasteiger partial charge < -0.3 is 15.2 Å². The van der Waals surface area contributed by atoms with Crippen molar-refractivity contribution in [3.8, 4) is 5.75 Å². The zero-order chi connectivity index (χ0) is 27.9. The Hall–Kier alpha value is -2.71. The number of benzene rings is 1. The van der Waals surface area contributed by atoms with Gasteiger partial charge in [0.15, 0.2) is 11.6 Å². The van der Waals surface area contributed by atoms with Crippen molar-refractivity contribution in [1.82, 2.24) is 14.8 Å². The molecule has 214 valence electrons. The van der Waals surface area contributed by atoms with E-state index in [2.05, 4.69) is 29.3 Å². The van der Waals surface area contributed by atoms with Crippen LogP contribution in [0.3, 0.4) is 0 Å². The first-order valence-corrected chi connectivity index (χ1v) is 14.6. The summed E-state index contributed by atoms with van der Waals surface area (Å²) in [5.74, 6) is -0.286. The second kappa shape index (κ2) is 13.6. The van der Waals surface area contributed by atoms with Crippen LogP contribution >= 0.6 is 0 Å². The average Bonchev–Trinajstić information content (AvgIpc) is 3.39. The van der Waals surface area contributed by atoms with Crippen molar-refractivity contribution in [2.24, 2.45) is 0 Å². The molecule has 0 bridgehead atoms. The highest BCUT2D eigenvalue weighted by Crippen LogP contribution is 2.37. The minimum Gasteiger partial charge on any atom is -0.493 e. The number of carbonyl (C=O) groups is 1. The minimum absolute atomic E-state index is 0.0341. The van der Waals surface area contributed by atoms with Crippen LogP contribution in [0.5, 0.6) is 5.75 Å². The van der Waals surface area contributed by atoms with Crippen molar-refractivity contribution in [3.63, 3.8) is 0 Å². The molecule has 2 aliphatic heterocycles. The lowest BCUT2D eigenvalue weighted by atomic mass is 9.95. The van der Waals surface area contributed by atoms with Crippen molar-refractivity contribution in [2.75, 3.05) is 45.2 Å². The molecule has 0 unspecified atom stereocenters. The van der Waals surface area contributed by atoms with Crippen molar-refractivity contribution in [2.45, 2.75) is 83.7 Å². The predicted molar refractivity (Wildman–Crippen MR) is 153 cm³/mol. The fourth-order valence-electron chi connectivity index (χ4n) is 6.08. The number of halogens is 1. The van der Waals surface area contributed by atoms with E-state index >= 15 is 0 Å². The van der Waals surface area contributed by atoms with E-state index < -0.39 is 17.8 Å². The van der Waals surface area contributed by atoms with E-state index in [1.165, 1.54) is 25.2 Å². The van der Waals surface area contributed by atoms with Gasteiger partial charge in [0.2, 0.25) is 0 Å². The molecule has 2 atom stereocenters. The van der Waals surface area contributed by atoms with Gasteiger partial charge in [-0.1, -0.05) is 33.3 Å². The Morgan fingerprint density at radius 1 is 1.28 bits per heavy atom. The standard InChI is InChI=1S/C31H45FN4O3/c1-5-35(16-8-6-7-11-24-13-12-22-10-9-15-33-30(22)34-24)25-14-17-36(20-25)28(31(37)38)26-18-23(21(2)3)19-27(32)29(26)39-4/h12-13,18-19,21,25,28H,5-11,14-17,20H2,1-4H3,(H,33,34)(H,37,38)/t25-,28+/m1/s1. The number of aryl methyl sites for hydroxylation is 2. The number of carboxylic acid groups (broad SMARTS) is 1. The van der Waals surface area contributed by atoms with Crippen LogP contribution < -0.4 is 10.1 Å². The SMILES string of the molecule is CCN(CCCCCc1ccc2c(n1)NCCC2)[C@@H]1CCN([C@H](C(=O)O)c2cc(C(C)C)cc(F)c2OC)C1. The number of anilines is 1. The summed E-state index contributed by atoms with van der Waals surface area (Å²) in [6.45, 7) is 10.4. The summed E-state index contributed by atoms with van der Waals surface area (Å²) in [6.07, 6.45) is 7.53. The first-order chi connectivity index (χ1) is 18.8. The highest BCUT2D eigenvalue weighted by atomic mass is 19.1. The fraction of sp³-hybridized carbons (Fsp3) is 0.613. The topological polar surface area (TPSA) is 77.9 Å². The molecule has 7 nitrogen and oxygen atoms in total. The van der Waals surface area contributed by atoms with E-state index in [4.69, 9.17) is 9.72 Å². The number of aliphatic carboxylic acids is 1. The number of nitrogens with zero attached hydrogens (tertiary/aromatic N) is 3. The number of ether oxygens (including phenoxy) is 1. The second-order valence-electron chi connectivity index (χ2n) is 11.2. The third-order valence-electron chi connectivity index (χ3n) is 8.31. The van der Waals surface area contributed by atoms with Crippen LogP contribution in [0, 0.1) is 5.82 Å². The summed E-state index contributed by atoms with van der Waals surface area (Å²) in [7, 11) is 1.40. The number of hydrogen-bond acceptors (Lipinski definition) is 6. The van der Waals surface area contributed by atoms with Crippen molar-refractivity contribution < 1.29 is 19.0 Å². The van der Waals surface area contributed by atoms with Crippen molar-refractivity contribution in [3.05, 3.63) is 52.5 Å². The van der Waals surface area contributed by atoms with Crippen LogP contribution in [-0.2, 0) is 17.6 Å². The number of aromatic nitrogens is 1. The van der Waals surface area contributed by atoms with E-state index in [0.29, 0.717) is 18.7 Å². The molecule has 0 amide bonds. The van der Waals surface area contributed by atoms with Gasteiger partial charge in [-0.15, -0.1) is 0 Å². The van der Waals surface area contributed by atoms with Gasteiger partial charge >= 0.3 is 5.97 Å². The maximum absolute atomic E-state index is 14.9. The summed E-state index contributed by atoms with van der Waals surface area (Å²) >= 11 is 0. The number of rotatable bonds is 13. The average molecular weight is 541 g/mol. The molecule has 1 aromatic carbocycles. The van der Waals surface area contributed by atoms with Crippen LogP contribution in [0.25, 0.3) is 0 Å². The van der Waals surface area contributed by atoms with Gasteiger partial charge in [-0.25, -0.2) is 9.37 Å². The summed E-state index contributed by atoms with van der Waals surface area (Å²) in [5.41, 5.74) is 3.68. The Bertz CT molecular complexity index is 1130. The van der Waals surface area contributed by atoms with Gasteiger partial charge in [0, 0.05) is 36.9 Å². The lowest BCUT2D eigenvalue weighted by Gasteiger charge is -2.30. The van der Waals surface area contributed by atoms with Crippen molar-refractivity contribution in [1.29, 1.82) is 0 Å².